The summed E-state index contributed by atoms with van der Waals surface area (Å²) in [5.74, 6) is 0.785. The van der Waals surface area contributed by atoms with Gasteiger partial charge in [-0.3, -0.25) is 9.59 Å². The number of ketones is 1. The van der Waals surface area contributed by atoms with E-state index < -0.39 is 0 Å². The number of hydrogen-bond donors (Lipinski definition) is 1. The molecule has 1 heterocycles. The lowest BCUT2D eigenvalue weighted by Gasteiger charge is -2.09. The van der Waals surface area contributed by atoms with Crippen LogP contribution in [0.5, 0.6) is 11.5 Å². The number of rotatable bonds is 11. The normalized spacial score (nSPS) is 10.8. The molecule has 4 aromatic rings. The summed E-state index contributed by atoms with van der Waals surface area (Å²) in [7, 11) is 1.57. The van der Waals surface area contributed by atoms with Crippen molar-refractivity contribution in [3.05, 3.63) is 89.7 Å². The topological polar surface area (TPSA) is 77.8 Å². The summed E-state index contributed by atoms with van der Waals surface area (Å²) in [5, 5.41) is 3.55. The van der Waals surface area contributed by atoms with Crippen LogP contribution in [0, 0.1) is 0 Å². The molecular weight excluding hydrogens is 442 g/mol. The van der Waals surface area contributed by atoms with E-state index in [1.54, 1.807) is 61.7 Å². The minimum atomic E-state index is -0.338. The summed E-state index contributed by atoms with van der Waals surface area (Å²) < 4.78 is 16.8. The third-order valence-corrected chi connectivity index (χ3v) is 5.78. The van der Waals surface area contributed by atoms with E-state index >= 15 is 0 Å². The van der Waals surface area contributed by atoms with Gasteiger partial charge >= 0.3 is 0 Å². The first kappa shape index (κ1) is 24.1. The second-order valence-corrected chi connectivity index (χ2v) is 8.25. The van der Waals surface area contributed by atoms with Gasteiger partial charge in [0.05, 0.1) is 19.4 Å². The molecule has 0 aliphatic heterocycles. The third-order valence-electron chi connectivity index (χ3n) is 5.78. The molecule has 180 valence electrons. The number of methoxy groups -OCH3 is 1. The third kappa shape index (κ3) is 5.72. The average Bonchev–Trinajstić information content (AvgIpc) is 3.26. The molecule has 0 atom stereocenters. The number of ether oxygens (including phenoxy) is 2. The van der Waals surface area contributed by atoms with E-state index in [0.29, 0.717) is 40.1 Å². The van der Waals surface area contributed by atoms with Crippen molar-refractivity contribution in [1.29, 1.82) is 0 Å². The van der Waals surface area contributed by atoms with Crippen LogP contribution >= 0.6 is 0 Å². The predicted molar refractivity (Wildman–Crippen MR) is 137 cm³/mol. The molecule has 0 unspecified atom stereocenters. The Morgan fingerprint density at radius 1 is 0.829 bits per heavy atom. The van der Waals surface area contributed by atoms with Gasteiger partial charge in [0.25, 0.3) is 5.91 Å². The van der Waals surface area contributed by atoms with Crippen LogP contribution in [0.25, 0.3) is 11.0 Å². The molecule has 35 heavy (non-hydrogen) atoms. The van der Waals surface area contributed by atoms with Crippen molar-refractivity contribution in [1.82, 2.24) is 0 Å². The predicted octanol–water partition coefficient (Wildman–Crippen LogP) is 6.88. The number of para-hydroxylation sites is 1. The highest BCUT2D eigenvalue weighted by Gasteiger charge is 2.24. The number of carbonyl (C=O) groups excluding carboxylic acids is 2. The lowest BCUT2D eigenvalue weighted by atomic mass is 10.1. The molecule has 1 aromatic heterocycles. The first-order valence-corrected chi connectivity index (χ1v) is 11.8. The van der Waals surface area contributed by atoms with Crippen LogP contribution < -0.4 is 14.8 Å². The SMILES string of the molecule is CCCCCCOc1ccc(C(=O)Nc2c(C(=O)c3ccc(OC)cc3)oc3ccccc23)cc1. The summed E-state index contributed by atoms with van der Waals surface area (Å²) in [4.78, 5) is 26.3. The molecule has 0 radical (unpaired) electrons. The van der Waals surface area contributed by atoms with Gasteiger partial charge in [-0.15, -0.1) is 0 Å². The molecule has 0 spiro atoms. The van der Waals surface area contributed by atoms with Gasteiger partial charge in [0.1, 0.15) is 17.1 Å². The Hall–Kier alpha value is -4.06. The molecule has 6 nitrogen and oxygen atoms in total. The van der Waals surface area contributed by atoms with Crippen LogP contribution in [0.1, 0.15) is 59.1 Å². The van der Waals surface area contributed by atoms with Crippen molar-refractivity contribution in [2.45, 2.75) is 32.6 Å². The second-order valence-electron chi connectivity index (χ2n) is 8.25. The van der Waals surface area contributed by atoms with Crippen molar-refractivity contribution in [3.63, 3.8) is 0 Å². The molecule has 0 aliphatic rings. The monoisotopic (exact) mass is 471 g/mol. The van der Waals surface area contributed by atoms with Gasteiger partial charge in [-0.2, -0.15) is 0 Å². The molecule has 0 bridgehead atoms. The second kappa shape index (κ2) is 11.4. The Labute approximate surface area is 204 Å². The fraction of sp³-hybridized carbons (Fsp3) is 0.241. The lowest BCUT2D eigenvalue weighted by molar-refractivity contribution is 0.101. The molecule has 6 heteroatoms. The van der Waals surface area contributed by atoms with Crippen LogP contribution in [0.2, 0.25) is 0 Å². The van der Waals surface area contributed by atoms with Gasteiger partial charge in [-0.25, -0.2) is 0 Å². The first-order valence-electron chi connectivity index (χ1n) is 11.8. The average molecular weight is 472 g/mol. The Morgan fingerprint density at radius 3 is 2.23 bits per heavy atom. The molecule has 0 saturated carbocycles. The molecule has 1 N–H and O–H groups in total. The Bertz CT molecular complexity index is 1290. The number of furan rings is 1. The van der Waals surface area contributed by atoms with E-state index in [0.717, 1.165) is 18.6 Å². The number of hydrogen-bond acceptors (Lipinski definition) is 5. The molecule has 1 amide bonds. The molecule has 0 fully saturated rings. The maximum absolute atomic E-state index is 13.3. The number of unbranched alkanes of at least 4 members (excludes halogenated alkanes) is 3. The number of fused-ring (bicyclic) bond motifs is 1. The standard InChI is InChI=1S/C29H29NO5/c1-3-4-5-8-19-34-23-17-13-21(14-18-23)29(32)30-26-24-9-6-7-10-25(24)35-28(26)27(31)20-11-15-22(33-2)16-12-20/h6-7,9-18H,3-5,8,19H2,1-2H3,(H,30,32). The van der Waals surface area contributed by atoms with Crippen molar-refractivity contribution in [2.24, 2.45) is 0 Å². The van der Waals surface area contributed by atoms with Gasteiger partial charge < -0.3 is 19.2 Å². The zero-order chi connectivity index (χ0) is 24.6. The maximum Gasteiger partial charge on any atom is 0.255 e. The zero-order valence-electron chi connectivity index (χ0n) is 20.0. The number of nitrogens with one attached hydrogen (secondary N) is 1. The van der Waals surface area contributed by atoms with Crippen LogP contribution in [-0.2, 0) is 0 Å². The fourth-order valence-corrected chi connectivity index (χ4v) is 3.81. The van der Waals surface area contributed by atoms with E-state index in [1.807, 2.05) is 18.2 Å². The summed E-state index contributed by atoms with van der Waals surface area (Å²) in [6.07, 6.45) is 4.54. The van der Waals surface area contributed by atoms with Crippen molar-refractivity contribution >= 4 is 28.3 Å². The quantitative estimate of drug-likeness (QED) is 0.190. The van der Waals surface area contributed by atoms with Crippen LogP contribution in [0.15, 0.2) is 77.2 Å². The van der Waals surface area contributed by atoms with Gasteiger partial charge in [0.15, 0.2) is 5.76 Å². The summed E-state index contributed by atoms with van der Waals surface area (Å²) >= 11 is 0. The lowest BCUT2D eigenvalue weighted by Crippen LogP contribution is -2.14. The van der Waals surface area contributed by atoms with E-state index in [1.165, 1.54) is 12.8 Å². The largest absolute Gasteiger partial charge is 0.497 e. The van der Waals surface area contributed by atoms with Crippen molar-refractivity contribution in [2.75, 3.05) is 19.0 Å². The number of benzene rings is 3. The van der Waals surface area contributed by atoms with Gasteiger partial charge in [0.2, 0.25) is 5.78 Å². The molecule has 4 rings (SSSR count). The zero-order valence-corrected chi connectivity index (χ0v) is 20.0. The van der Waals surface area contributed by atoms with Crippen molar-refractivity contribution < 1.29 is 23.5 Å². The first-order chi connectivity index (χ1) is 17.1. The van der Waals surface area contributed by atoms with Crippen LogP contribution in [0.4, 0.5) is 5.69 Å². The van der Waals surface area contributed by atoms with Crippen molar-refractivity contribution in [3.8, 4) is 11.5 Å². The number of anilines is 1. The van der Waals surface area contributed by atoms with Gasteiger partial charge in [0, 0.05) is 16.5 Å². The van der Waals surface area contributed by atoms with E-state index in [2.05, 4.69) is 12.2 Å². The minimum absolute atomic E-state index is 0.0803. The Kier molecular flexibility index (Phi) is 7.83. The van der Waals surface area contributed by atoms with E-state index in [4.69, 9.17) is 13.9 Å². The van der Waals surface area contributed by atoms with E-state index in [-0.39, 0.29) is 17.5 Å². The highest BCUT2D eigenvalue weighted by atomic mass is 16.5. The Balaban J connectivity index is 1.53. The number of carbonyl (C=O) groups is 2. The highest BCUT2D eigenvalue weighted by Crippen LogP contribution is 2.33. The van der Waals surface area contributed by atoms with Gasteiger partial charge in [-0.05, 0) is 67.1 Å². The molecule has 3 aromatic carbocycles. The molecule has 0 saturated heterocycles. The van der Waals surface area contributed by atoms with Gasteiger partial charge in [-0.1, -0.05) is 38.3 Å². The van der Waals surface area contributed by atoms with Crippen LogP contribution in [-0.4, -0.2) is 25.4 Å². The smallest absolute Gasteiger partial charge is 0.255 e. The summed E-state index contributed by atoms with van der Waals surface area (Å²) in [6, 6.07) is 21.0. The molecular formula is C29H29NO5. The highest BCUT2D eigenvalue weighted by molar-refractivity contribution is 6.18. The van der Waals surface area contributed by atoms with E-state index in [9.17, 15) is 9.59 Å². The summed E-state index contributed by atoms with van der Waals surface area (Å²) in [5.41, 5.74) is 1.76. The van der Waals surface area contributed by atoms with Crippen LogP contribution in [0.3, 0.4) is 0 Å². The Morgan fingerprint density at radius 2 is 1.51 bits per heavy atom. The fourth-order valence-electron chi connectivity index (χ4n) is 3.81. The number of amides is 1. The minimum Gasteiger partial charge on any atom is -0.497 e. The summed E-state index contributed by atoms with van der Waals surface area (Å²) in [6.45, 7) is 2.83. The molecule has 0 aliphatic carbocycles. The maximum atomic E-state index is 13.3.